The lowest BCUT2D eigenvalue weighted by Crippen LogP contribution is -2.30. The van der Waals surface area contributed by atoms with Gasteiger partial charge < -0.3 is 9.64 Å². The van der Waals surface area contributed by atoms with E-state index in [0.29, 0.717) is 12.2 Å². The third-order valence-electron chi connectivity index (χ3n) is 4.22. The van der Waals surface area contributed by atoms with Gasteiger partial charge in [-0.05, 0) is 24.3 Å². The second-order valence-corrected chi connectivity index (χ2v) is 5.68. The molecule has 0 amide bonds. The summed E-state index contributed by atoms with van der Waals surface area (Å²) in [5, 5.41) is 9.41. The Morgan fingerprint density at radius 3 is 2.79 bits per heavy atom. The Balaban J connectivity index is 1.93. The minimum Gasteiger partial charge on any atom is -0.489 e. The fourth-order valence-electron chi connectivity index (χ4n) is 3.06. The molecular formula is C19H16N4O. The van der Waals surface area contributed by atoms with E-state index in [1.165, 1.54) is 0 Å². The molecule has 0 N–H and O–H groups in total. The summed E-state index contributed by atoms with van der Waals surface area (Å²) >= 11 is 0. The van der Waals surface area contributed by atoms with Crippen LogP contribution in [0.15, 0.2) is 54.9 Å². The number of imidazole rings is 1. The Kier molecular flexibility index (Phi) is 3.43. The minimum absolute atomic E-state index is 0.595. The van der Waals surface area contributed by atoms with Crippen LogP contribution in [0.3, 0.4) is 0 Å². The minimum atomic E-state index is 0.595. The molecule has 1 aromatic heterocycles. The van der Waals surface area contributed by atoms with Crippen molar-refractivity contribution in [2.24, 2.45) is 0 Å². The fourth-order valence-corrected chi connectivity index (χ4v) is 3.06. The van der Waals surface area contributed by atoms with Gasteiger partial charge in [0.25, 0.3) is 0 Å². The lowest BCUT2D eigenvalue weighted by atomic mass is 10.0. The zero-order chi connectivity index (χ0) is 16.5. The third-order valence-corrected chi connectivity index (χ3v) is 4.22. The first kappa shape index (κ1) is 14.3. The summed E-state index contributed by atoms with van der Waals surface area (Å²) in [5.41, 5.74) is 3.38. The number of aromatic nitrogens is 2. The zero-order valence-corrected chi connectivity index (χ0v) is 13.3. The van der Waals surface area contributed by atoms with Gasteiger partial charge in [0.2, 0.25) is 0 Å². The molecule has 0 fully saturated rings. The highest BCUT2D eigenvalue weighted by molar-refractivity contribution is 5.81. The fraction of sp³-hybridized carbons (Fsp3) is 0.158. The summed E-state index contributed by atoms with van der Waals surface area (Å²) in [6, 6.07) is 16.1. The van der Waals surface area contributed by atoms with Crippen LogP contribution in [0.5, 0.6) is 5.75 Å². The van der Waals surface area contributed by atoms with Crippen LogP contribution < -0.4 is 9.64 Å². The van der Waals surface area contributed by atoms with E-state index in [9.17, 15) is 5.26 Å². The molecule has 0 unspecified atom stereocenters. The van der Waals surface area contributed by atoms with Crippen molar-refractivity contribution < 1.29 is 4.74 Å². The smallest absolute Gasteiger partial charge is 0.155 e. The monoisotopic (exact) mass is 316 g/mol. The van der Waals surface area contributed by atoms with Gasteiger partial charge in [0.15, 0.2) is 5.75 Å². The summed E-state index contributed by atoms with van der Waals surface area (Å²) in [6.45, 7) is 1.36. The predicted molar refractivity (Wildman–Crippen MR) is 92.5 cm³/mol. The second kappa shape index (κ2) is 5.74. The highest BCUT2D eigenvalue weighted by Crippen LogP contribution is 2.42. The summed E-state index contributed by atoms with van der Waals surface area (Å²) in [6.07, 6.45) is 3.71. The largest absolute Gasteiger partial charge is 0.489 e. The molecule has 5 nitrogen and oxygen atoms in total. The highest BCUT2D eigenvalue weighted by Gasteiger charge is 2.25. The van der Waals surface area contributed by atoms with Crippen molar-refractivity contribution in [3.05, 3.63) is 60.4 Å². The molecule has 0 spiro atoms. The molecule has 0 bridgehead atoms. The van der Waals surface area contributed by atoms with Gasteiger partial charge in [0.05, 0.1) is 23.4 Å². The highest BCUT2D eigenvalue weighted by atomic mass is 16.5. The molecule has 0 saturated carbocycles. The van der Waals surface area contributed by atoms with Gasteiger partial charge >= 0.3 is 0 Å². The van der Waals surface area contributed by atoms with E-state index in [0.717, 1.165) is 35.1 Å². The number of anilines is 1. The van der Waals surface area contributed by atoms with Crippen molar-refractivity contribution in [2.75, 3.05) is 25.1 Å². The van der Waals surface area contributed by atoms with Crippen LogP contribution in [0.2, 0.25) is 0 Å². The maximum Gasteiger partial charge on any atom is 0.155 e. The molecule has 1 aliphatic heterocycles. The van der Waals surface area contributed by atoms with Crippen LogP contribution in [-0.2, 0) is 0 Å². The van der Waals surface area contributed by atoms with Gasteiger partial charge in [-0.1, -0.05) is 18.2 Å². The Labute approximate surface area is 140 Å². The quantitative estimate of drug-likeness (QED) is 0.728. The molecule has 2 aromatic carbocycles. The van der Waals surface area contributed by atoms with Crippen molar-refractivity contribution in [2.45, 2.75) is 0 Å². The molecule has 24 heavy (non-hydrogen) atoms. The standard InChI is InChI=1S/C19H16N4O/c1-22-11-12-24-18-16(8-7-14(13-20)17(18)22)19-21-9-10-23(19)15-5-3-2-4-6-15/h2-10H,11-12H2,1H3. The van der Waals surface area contributed by atoms with Gasteiger partial charge in [-0.3, -0.25) is 4.57 Å². The Bertz CT molecular complexity index is 924. The number of nitrogens with zero attached hydrogens (tertiary/aromatic N) is 4. The molecular weight excluding hydrogens is 300 g/mol. The van der Waals surface area contributed by atoms with Gasteiger partial charge in [0.1, 0.15) is 18.5 Å². The molecule has 0 radical (unpaired) electrons. The van der Waals surface area contributed by atoms with Gasteiger partial charge in [-0.15, -0.1) is 0 Å². The molecule has 0 aliphatic carbocycles. The summed E-state index contributed by atoms with van der Waals surface area (Å²) in [5.74, 6) is 1.53. The summed E-state index contributed by atoms with van der Waals surface area (Å²) in [7, 11) is 1.98. The van der Waals surface area contributed by atoms with Crippen LogP contribution in [0, 0.1) is 11.3 Å². The van der Waals surface area contributed by atoms with Gasteiger partial charge in [0, 0.05) is 25.1 Å². The van der Waals surface area contributed by atoms with Gasteiger partial charge in [-0.2, -0.15) is 5.26 Å². The van der Waals surface area contributed by atoms with Crippen LogP contribution in [0.4, 0.5) is 5.69 Å². The molecule has 2 heterocycles. The normalized spacial score (nSPS) is 13.1. The van der Waals surface area contributed by atoms with Crippen LogP contribution >= 0.6 is 0 Å². The lowest BCUT2D eigenvalue weighted by molar-refractivity contribution is 0.312. The number of para-hydroxylation sites is 1. The first-order chi connectivity index (χ1) is 11.8. The predicted octanol–water partition coefficient (Wildman–Crippen LogP) is 3.24. The average molecular weight is 316 g/mol. The van der Waals surface area contributed by atoms with Crippen molar-refractivity contribution in [1.29, 1.82) is 5.26 Å². The van der Waals surface area contributed by atoms with Crippen molar-refractivity contribution in [1.82, 2.24) is 9.55 Å². The number of nitriles is 1. The first-order valence-electron chi connectivity index (χ1n) is 7.80. The molecule has 5 heteroatoms. The molecule has 118 valence electrons. The van der Waals surface area contributed by atoms with Crippen LogP contribution in [0.25, 0.3) is 17.1 Å². The SMILES string of the molecule is CN1CCOc2c(-c3nccn3-c3ccccc3)ccc(C#N)c21. The Morgan fingerprint density at radius 2 is 2.00 bits per heavy atom. The van der Waals surface area contributed by atoms with E-state index < -0.39 is 0 Å². The Morgan fingerprint density at radius 1 is 1.17 bits per heavy atom. The number of hydrogen-bond donors (Lipinski definition) is 0. The number of likely N-dealkylation sites (N-methyl/N-ethyl adjacent to an activating group) is 1. The molecule has 1 aliphatic rings. The lowest BCUT2D eigenvalue weighted by Gasteiger charge is -2.30. The van der Waals surface area contributed by atoms with E-state index in [-0.39, 0.29) is 0 Å². The summed E-state index contributed by atoms with van der Waals surface area (Å²) < 4.78 is 7.96. The van der Waals surface area contributed by atoms with E-state index in [2.05, 4.69) is 16.0 Å². The maximum atomic E-state index is 9.41. The number of benzene rings is 2. The van der Waals surface area contributed by atoms with E-state index in [1.807, 2.05) is 60.3 Å². The van der Waals surface area contributed by atoms with E-state index >= 15 is 0 Å². The van der Waals surface area contributed by atoms with E-state index in [4.69, 9.17) is 4.74 Å². The van der Waals surface area contributed by atoms with Crippen molar-refractivity contribution in [3.8, 4) is 28.9 Å². The number of ether oxygens (including phenoxy) is 1. The molecule has 4 rings (SSSR count). The van der Waals surface area contributed by atoms with E-state index in [1.54, 1.807) is 6.20 Å². The topological polar surface area (TPSA) is 54.1 Å². The summed E-state index contributed by atoms with van der Waals surface area (Å²) in [4.78, 5) is 6.60. The number of fused-ring (bicyclic) bond motifs is 1. The second-order valence-electron chi connectivity index (χ2n) is 5.68. The first-order valence-corrected chi connectivity index (χ1v) is 7.80. The maximum absolute atomic E-state index is 9.41. The van der Waals surface area contributed by atoms with Crippen LogP contribution in [0.1, 0.15) is 5.56 Å². The zero-order valence-electron chi connectivity index (χ0n) is 13.3. The molecule has 0 atom stereocenters. The third kappa shape index (κ3) is 2.20. The van der Waals surface area contributed by atoms with Crippen molar-refractivity contribution in [3.63, 3.8) is 0 Å². The van der Waals surface area contributed by atoms with Gasteiger partial charge in [-0.25, -0.2) is 4.98 Å². The Hall–Kier alpha value is -3.26. The average Bonchev–Trinajstić information content (AvgIpc) is 3.11. The number of hydrogen-bond acceptors (Lipinski definition) is 4. The van der Waals surface area contributed by atoms with Crippen molar-refractivity contribution >= 4 is 5.69 Å². The molecule has 3 aromatic rings. The number of rotatable bonds is 2. The van der Waals surface area contributed by atoms with Crippen LogP contribution in [-0.4, -0.2) is 29.8 Å². The molecule has 0 saturated heterocycles.